The van der Waals surface area contributed by atoms with Gasteiger partial charge in [0, 0.05) is 18.8 Å². The molecule has 0 aliphatic carbocycles. The van der Waals surface area contributed by atoms with Crippen LogP contribution in [0.4, 0.5) is 5.69 Å². The van der Waals surface area contributed by atoms with Gasteiger partial charge < -0.3 is 24.1 Å². The second-order valence-electron chi connectivity index (χ2n) is 5.52. The molecule has 2 aromatic rings. The largest absolute Gasteiger partial charge is 0.484 e. The van der Waals surface area contributed by atoms with E-state index >= 15 is 0 Å². The van der Waals surface area contributed by atoms with Crippen LogP contribution in [0.25, 0.3) is 0 Å². The molecule has 0 unspecified atom stereocenters. The van der Waals surface area contributed by atoms with Crippen molar-refractivity contribution in [3.05, 3.63) is 42.1 Å². The molecular weight excluding hydrogens is 326 g/mol. The molecule has 1 aromatic carbocycles. The van der Waals surface area contributed by atoms with E-state index in [0.717, 1.165) is 0 Å². The van der Waals surface area contributed by atoms with Gasteiger partial charge in [-0.15, -0.1) is 0 Å². The lowest BCUT2D eigenvalue weighted by atomic mass is 10.2. The molecule has 132 valence electrons. The average Bonchev–Trinajstić information content (AvgIpc) is 3.08. The quantitative estimate of drug-likeness (QED) is 0.882. The third-order valence-electron chi connectivity index (χ3n) is 3.80. The molecule has 8 nitrogen and oxygen atoms in total. The van der Waals surface area contributed by atoms with Crippen LogP contribution in [0.15, 0.2) is 35.1 Å². The summed E-state index contributed by atoms with van der Waals surface area (Å²) in [5.74, 6) is 0.598. The van der Waals surface area contributed by atoms with Gasteiger partial charge in [0.15, 0.2) is 18.7 Å². The minimum Gasteiger partial charge on any atom is -0.484 e. The summed E-state index contributed by atoms with van der Waals surface area (Å²) < 4.78 is 15.7. The van der Waals surface area contributed by atoms with Crippen LogP contribution >= 0.6 is 0 Å². The van der Waals surface area contributed by atoms with Crippen LogP contribution in [0, 0.1) is 6.92 Å². The number of nitrogens with one attached hydrogen (secondary N) is 1. The third kappa shape index (κ3) is 4.36. The van der Waals surface area contributed by atoms with Crippen molar-refractivity contribution in [2.75, 3.05) is 38.2 Å². The summed E-state index contributed by atoms with van der Waals surface area (Å²) in [4.78, 5) is 29.7. The monoisotopic (exact) mass is 345 g/mol. The highest BCUT2D eigenvalue weighted by Crippen LogP contribution is 2.17. The Hall–Kier alpha value is -2.87. The van der Waals surface area contributed by atoms with Gasteiger partial charge in [0.1, 0.15) is 11.5 Å². The fourth-order valence-electron chi connectivity index (χ4n) is 2.40. The minimum absolute atomic E-state index is 0.0240. The van der Waals surface area contributed by atoms with E-state index in [0.29, 0.717) is 43.5 Å². The number of carbonyl (C=O) groups excluding carboxylic acids is 2. The van der Waals surface area contributed by atoms with Gasteiger partial charge in [-0.2, -0.15) is 0 Å². The highest BCUT2D eigenvalue weighted by atomic mass is 16.5. The lowest BCUT2D eigenvalue weighted by Crippen LogP contribution is -2.42. The number of hydrogen-bond acceptors (Lipinski definition) is 6. The molecule has 0 radical (unpaired) electrons. The van der Waals surface area contributed by atoms with Crippen LogP contribution in [0.3, 0.4) is 0 Å². The minimum atomic E-state index is -0.345. The Bertz CT molecular complexity index is 735. The van der Waals surface area contributed by atoms with E-state index < -0.39 is 0 Å². The van der Waals surface area contributed by atoms with Gasteiger partial charge >= 0.3 is 0 Å². The van der Waals surface area contributed by atoms with Crippen molar-refractivity contribution >= 4 is 17.5 Å². The van der Waals surface area contributed by atoms with E-state index in [1.165, 1.54) is 6.39 Å². The van der Waals surface area contributed by atoms with Crippen molar-refractivity contribution in [2.45, 2.75) is 6.92 Å². The molecule has 1 aliphatic rings. The topological polar surface area (TPSA) is 93.9 Å². The number of aryl methyl sites for hydroxylation is 1. The SMILES string of the molecule is Cc1ocnc1C(=O)Nc1ccc(OCC(=O)N2CCOCC2)cc1. The van der Waals surface area contributed by atoms with Crippen LogP contribution in [-0.2, 0) is 9.53 Å². The molecule has 25 heavy (non-hydrogen) atoms. The smallest absolute Gasteiger partial charge is 0.277 e. The van der Waals surface area contributed by atoms with Crippen LogP contribution in [-0.4, -0.2) is 54.6 Å². The maximum atomic E-state index is 12.0. The molecule has 0 atom stereocenters. The molecule has 2 heterocycles. The summed E-state index contributed by atoms with van der Waals surface area (Å²) in [5.41, 5.74) is 0.843. The number of anilines is 1. The van der Waals surface area contributed by atoms with Gasteiger partial charge in [-0.1, -0.05) is 0 Å². The Morgan fingerprint density at radius 2 is 1.96 bits per heavy atom. The molecule has 2 amide bonds. The summed E-state index contributed by atoms with van der Waals surface area (Å²) in [7, 11) is 0. The number of benzene rings is 1. The summed E-state index contributed by atoms with van der Waals surface area (Å²) in [6, 6.07) is 6.78. The zero-order valence-corrected chi connectivity index (χ0v) is 13.9. The Morgan fingerprint density at radius 3 is 2.60 bits per heavy atom. The summed E-state index contributed by atoms with van der Waals surface area (Å²) in [5, 5.41) is 2.72. The second kappa shape index (κ2) is 7.80. The number of ether oxygens (including phenoxy) is 2. The number of hydrogen-bond donors (Lipinski definition) is 1. The van der Waals surface area contributed by atoms with Crippen molar-refractivity contribution in [3.8, 4) is 5.75 Å². The number of morpholine rings is 1. The summed E-state index contributed by atoms with van der Waals surface area (Å²) in [6.07, 6.45) is 1.23. The summed E-state index contributed by atoms with van der Waals surface area (Å²) in [6.45, 7) is 3.95. The van der Waals surface area contributed by atoms with Crippen molar-refractivity contribution < 1.29 is 23.5 Å². The van der Waals surface area contributed by atoms with Gasteiger partial charge in [-0.3, -0.25) is 9.59 Å². The average molecular weight is 345 g/mol. The Labute approximate surface area is 144 Å². The highest BCUT2D eigenvalue weighted by Gasteiger charge is 2.17. The van der Waals surface area contributed by atoms with Gasteiger partial charge in [0.05, 0.1) is 13.2 Å². The number of oxazole rings is 1. The molecule has 1 aliphatic heterocycles. The first-order valence-electron chi connectivity index (χ1n) is 7.93. The van der Waals surface area contributed by atoms with Gasteiger partial charge in [0.2, 0.25) is 0 Å². The molecule has 1 fully saturated rings. The van der Waals surface area contributed by atoms with E-state index in [1.807, 2.05) is 0 Å². The molecule has 1 aromatic heterocycles. The normalized spacial score (nSPS) is 14.2. The van der Waals surface area contributed by atoms with E-state index in [2.05, 4.69) is 10.3 Å². The van der Waals surface area contributed by atoms with E-state index in [4.69, 9.17) is 13.9 Å². The third-order valence-corrected chi connectivity index (χ3v) is 3.80. The lowest BCUT2D eigenvalue weighted by Gasteiger charge is -2.26. The van der Waals surface area contributed by atoms with Crippen LogP contribution < -0.4 is 10.1 Å². The Balaban J connectivity index is 1.51. The molecule has 1 N–H and O–H groups in total. The molecular formula is C17H19N3O5. The van der Waals surface area contributed by atoms with Crippen molar-refractivity contribution in [3.63, 3.8) is 0 Å². The molecule has 0 spiro atoms. The Morgan fingerprint density at radius 1 is 1.24 bits per heavy atom. The summed E-state index contributed by atoms with van der Waals surface area (Å²) >= 11 is 0. The standard InChI is InChI=1S/C17H19N3O5/c1-12-16(18-11-25-12)17(22)19-13-2-4-14(5-3-13)24-10-15(21)20-6-8-23-9-7-20/h2-5,11H,6-10H2,1H3,(H,19,22). The predicted molar refractivity (Wildman–Crippen MR) is 88.5 cm³/mol. The van der Waals surface area contributed by atoms with Crippen LogP contribution in [0.2, 0.25) is 0 Å². The first-order valence-corrected chi connectivity index (χ1v) is 7.93. The number of rotatable bonds is 5. The maximum absolute atomic E-state index is 12.0. The van der Waals surface area contributed by atoms with E-state index in [1.54, 1.807) is 36.1 Å². The number of carbonyl (C=O) groups is 2. The van der Waals surface area contributed by atoms with Gasteiger partial charge in [-0.25, -0.2) is 4.98 Å². The molecule has 1 saturated heterocycles. The first-order chi connectivity index (χ1) is 12.1. The van der Waals surface area contributed by atoms with Crippen LogP contribution in [0.1, 0.15) is 16.2 Å². The second-order valence-corrected chi connectivity index (χ2v) is 5.52. The van der Waals surface area contributed by atoms with E-state index in [9.17, 15) is 9.59 Å². The zero-order chi connectivity index (χ0) is 17.6. The fourth-order valence-corrected chi connectivity index (χ4v) is 2.40. The van der Waals surface area contributed by atoms with Gasteiger partial charge in [-0.05, 0) is 31.2 Å². The van der Waals surface area contributed by atoms with Gasteiger partial charge in [0.25, 0.3) is 11.8 Å². The van der Waals surface area contributed by atoms with Crippen molar-refractivity contribution in [2.24, 2.45) is 0 Å². The predicted octanol–water partition coefficient (Wildman–Crippen LogP) is 1.47. The number of amides is 2. The first kappa shape index (κ1) is 17.0. The number of aromatic nitrogens is 1. The molecule has 0 saturated carbocycles. The van der Waals surface area contributed by atoms with E-state index in [-0.39, 0.29) is 24.1 Å². The van der Waals surface area contributed by atoms with Crippen molar-refractivity contribution in [1.82, 2.24) is 9.88 Å². The van der Waals surface area contributed by atoms with Crippen molar-refractivity contribution in [1.29, 1.82) is 0 Å². The lowest BCUT2D eigenvalue weighted by molar-refractivity contribution is -0.137. The molecule has 8 heteroatoms. The zero-order valence-electron chi connectivity index (χ0n) is 13.9. The molecule has 0 bridgehead atoms. The molecule has 3 rings (SSSR count). The number of nitrogens with zero attached hydrogens (tertiary/aromatic N) is 2. The fraction of sp³-hybridized carbons (Fsp3) is 0.353. The highest BCUT2D eigenvalue weighted by molar-refractivity contribution is 6.03. The van der Waals surface area contributed by atoms with Crippen LogP contribution in [0.5, 0.6) is 5.75 Å². The maximum Gasteiger partial charge on any atom is 0.277 e. The Kier molecular flexibility index (Phi) is 5.30.